The maximum absolute atomic E-state index is 12.0. The van der Waals surface area contributed by atoms with Gasteiger partial charge in [-0.1, -0.05) is 51.0 Å². The first-order valence-electron chi connectivity index (χ1n) is 7.64. The van der Waals surface area contributed by atoms with Crippen LogP contribution < -0.4 is 0 Å². The Labute approximate surface area is 142 Å². The summed E-state index contributed by atoms with van der Waals surface area (Å²) >= 11 is 0. The van der Waals surface area contributed by atoms with Crippen molar-refractivity contribution in [1.29, 1.82) is 0 Å². The van der Waals surface area contributed by atoms with Gasteiger partial charge in [0.15, 0.2) is 0 Å². The molecule has 0 aromatic heterocycles. The van der Waals surface area contributed by atoms with Crippen LogP contribution in [0, 0.1) is 0 Å². The van der Waals surface area contributed by atoms with E-state index in [1.54, 1.807) is 18.2 Å². The van der Waals surface area contributed by atoms with Crippen molar-refractivity contribution in [3.8, 4) is 0 Å². The monoisotopic (exact) mass is 372 g/mol. The molecule has 0 radical (unpaired) electrons. The Morgan fingerprint density at radius 3 is 1.67 bits per heavy atom. The van der Waals surface area contributed by atoms with Crippen molar-refractivity contribution >= 4 is 31.0 Å². The third-order valence-corrected chi connectivity index (χ3v) is 5.89. The minimum atomic E-state index is -4.85. The normalized spacial score (nSPS) is 12.7. The second-order valence-electron chi connectivity index (χ2n) is 5.61. The maximum Gasteiger partial charge on any atom is 0.296 e. The van der Waals surface area contributed by atoms with Gasteiger partial charge in [0.25, 0.3) is 20.2 Å². The number of benzene rings is 2. The van der Waals surface area contributed by atoms with E-state index in [4.69, 9.17) is 0 Å². The average molecular weight is 372 g/mol. The van der Waals surface area contributed by atoms with Crippen LogP contribution in [-0.4, -0.2) is 25.9 Å². The fourth-order valence-corrected chi connectivity index (χ4v) is 5.41. The van der Waals surface area contributed by atoms with Crippen molar-refractivity contribution in [1.82, 2.24) is 0 Å². The van der Waals surface area contributed by atoms with Crippen molar-refractivity contribution in [2.45, 2.75) is 49.3 Å². The first-order chi connectivity index (χ1) is 11.1. The minimum Gasteiger partial charge on any atom is -0.282 e. The molecule has 0 spiro atoms. The molecule has 0 bridgehead atoms. The highest BCUT2D eigenvalue weighted by Gasteiger charge is 2.32. The molecule has 0 aliphatic carbocycles. The van der Waals surface area contributed by atoms with Gasteiger partial charge in [-0.15, -0.1) is 0 Å². The zero-order chi connectivity index (χ0) is 18.1. The molecule has 2 N–H and O–H groups in total. The van der Waals surface area contributed by atoms with Gasteiger partial charge >= 0.3 is 0 Å². The molecule has 132 valence electrons. The van der Waals surface area contributed by atoms with Gasteiger partial charge in [-0.3, -0.25) is 9.11 Å². The Hall–Kier alpha value is -1.48. The van der Waals surface area contributed by atoms with E-state index in [1.807, 2.05) is 13.8 Å². The summed E-state index contributed by atoms with van der Waals surface area (Å²) < 4.78 is 67.1. The van der Waals surface area contributed by atoms with Crippen LogP contribution in [-0.2, 0) is 33.1 Å². The Balaban J connectivity index is 3.21. The van der Waals surface area contributed by atoms with E-state index in [-0.39, 0.29) is 17.4 Å². The quantitative estimate of drug-likeness (QED) is 0.754. The summed E-state index contributed by atoms with van der Waals surface area (Å²) in [5.74, 6) is 0. The largest absolute Gasteiger partial charge is 0.296 e. The molecule has 0 aliphatic rings. The third-order valence-electron chi connectivity index (χ3n) is 3.86. The first-order valence-corrected chi connectivity index (χ1v) is 10.5. The predicted octanol–water partition coefficient (Wildman–Crippen LogP) is 3.24. The topological polar surface area (TPSA) is 109 Å². The predicted molar refractivity (Wildman–Crippen MR) is 91.6 cm³/mol. The second-order valence-corrected chi connectivity index (χ2v) is 8.33. The lowest BCUT2D eigenvalue weighted by atomic mass is 9.93. The fraction of sp³-hybridized carbons (Fsp3) is 0.375. The number of aryl methyl sites for hydroxylation is 1. The van der Waals surface area contributed by atoms with Crippen molar-refractivity contribution in [2.75, 3.05) is 0 Å². The molecule has 8 heteroatoms. The maximum atomic E-state index is 12.0. The molecule has 0 aliphatic heterocycles. The zero-order valence-electron chi connectivity index (χ0n) is 13.5. The average Bonchev–Trinajstić information content (AvgIpc) is 2.46. The van der Waals surface area contributed by atoms with E-state index in [9.17, 15) is 25.9 Å². The van der Waals surface area contributed by atoms with Gasteiger partial charge in [-0.05, 0) is 29.4 Å². The summed E-state index contributed by atoms with van der Waals surface area (Å²) in [5.41, 5.74) is 0.947. The summed E-state index contributed by atoms with van der Waals surface area (Å²) in [7, 11) is -9.70. The standard InChI is InChI=1S/C16H20O6S2/c1-3-7-11-12-9-5-6-10-14(12)16(24(20,21)22)15(23(17,18)19)13(11)8-4-2/h5-6,9-10H,3-4,7-8H2,1-2H3,(H,17,18,19)(H,20,21,22). The van der Waals surface area contributed by atoms with Crippen molar-refractivity contribution in [3.63, 3.8) is 0 Å². The van der Waals surface area contributed by atoms with Gasteiger partial charge in [0, 0.05) is 5.39 Å². The van der Waals surface area contributed by atoms with Crippen LogP contribution in [0.1, 0.15) is 37.8 Å². The number of fused-ring (bicyclic) bond motifs is 1. The molecular formula is C16H20O6S2. The van der Waals surface area contributed by atoms with Crippen LogP contribution >= 0.6 is 0 Å². The molecule has 0 saturated heterocycles. The lowest BCUT2D eigenvalue weighted by Crippen LogP contribution is -2.15. The molecule has 0 atom stereocenters. The molecule has 0 saturated carbocycles. The zero-order valence-corrected chi connectivity index (χ0v) is 15.1. The van der Waals surface area contributed by atoms with Gasteiger partial charge < -0.3 is 0 Å². The van der Waals surface area contributed by atoms with Gasteiger partial charge in [0.05, 0.1) is 0 Å². The Bertz CT molecular complexity index is 975. The highest BCUT2D eigenvalue weighted by atomic mass is 32.2. The Morgan fingerprint density at radius 1 is 0.750 bits per heavy atom. The van der Waals surface area contributed by atoms with Crippen molar-refractivity contribution in [2.24, 2.45) is 0 Å². The van der Waals surface area contributed by atoms with Crippen LogP contribution in [0.4, 0.5) is 0 Å². The van der Waals surface area contributed by atoms with E-state index in [2.05, 4.69) is 0 Å². The highest BCUT2D eigenvalue weighted by molar-refractivity contribution is 7.89. The first kappa shape index (κ1) is 18.9. The molecular weight excluding hydrogens is 352 g/mol. The Morgan fingerprint density at radius 2 is 1.21 bits per heavy atom. The summed E-state index contributed by atoms with van der Waals surface area (Å²) in [4.78, 5) is -1.45. The van der Waals surface area contributed by atoms with Crippen LogP contribution in [0.5, 0.6) is 0 Å². The van der Waals surface area contributed by atoms with Gasteiger partial charge in [-0.2, -0.15) is 16.8 Å². The molecule has 2 aromatic rings. The van der Waals surface area contributed by atoms with Gasteiger partial charge in [-0.25, -0.2) is 0 Å². The van der Waals surface area contributed by atoms with Crippen LogP contribution in [0.3, 0.4) is 0 Å². The fourth-order valence-electron chi connectivity index (χ4n) is 3.08. The van der Waals surface area contributed by atoms with Crippen molar-refractivity contribution < 1.29 is 25.9 Å². The summed E-state index contributed by atoms with van der Waals surface area (Å²) in [6, 6.07) is 6.40. The molecule has 0 heterocycles. The van der Waals surface area contributed by atoms with E-state index in [1.165, 1.54) is 6.07 Å². The summed E-state index contributed by atoms with van der Waals surface area (Å²) in [6.45, 7) is 3.75. The molecule has 0 fully saturated rings. The molecule has 0 unspecified atom stereocenters. The molecule has 2 aromatic carbocycles. The summed E-state index contributed by atoms with van der Waals surface area (Å²) in [5, 5.41) is 0.666. The Kier molecular flexibility index (Phi) is 5.34. The SMILES string of the molecule is CCCc1c(S(=O)(=O)O)c(S(=O)(=O)O)c2ccccc2c1CCC. The van der Waals surface area contributed by atoms with Crippen LogP contribution in [0.15, 0.2) is 34.1 Å². The molecule has 6 nitrogen and oxygen atoms in total. The number of rotatable bonds is 6. The lowest BCUT2D eigenvalue weighted by molar-refractivity contribution is 0.466. The van der Waals surface area contributed by atoms with E-state index < -0.39 is 30.0 Å². The van der Waals surface area contributed by atoms with Crippen LogP contribution in [0.2, 0.25) is 0 Å². The second kappa shape index (κ2) is 6.79. The molecule has 0 amide bonds. The molecule has 24 heavy (non-hydrogen) atoms. The lowest BCUT2D eigenvalue weighted by Gasteiger charge is -2.19. The minimum absolute atomic E-state index is 0.0935. The number of hydrogen-bond donors (Lipinski definition) is 2. The van der Waals surface area contributed by atoms with Crippen LogP contribution in [0.25, 0.3) is 10.8 Å². The van der Waals surface area contributed by atoms with Gasteiger partial charge in [0.2, 0.25) is 0 Å². The molecule has 2 rings (SSSR count). The summed E-state index contributed by atoms with van der Waals surface area (Å²) in [6.07, 6.45) is 2.08. The smallest absolute Gasteiger partial charge is 0.282 e. The van der Waals surface area contributed by atoms with E-state index in [0.717, 1.165) is 6.42 Å². The van der Waals surface area contributed by atoms with Gasteiger partial charge in [0.1, 0.15) is 9.79 Å². The highest BCUT2D eigenvalue weighted by Crippen LogP contribution is 2.37. The van der Waals surface area contributed by atoms with E-state index >= 15 is 0 Å². The van der Waals surface area contributed by atoms with E-state index in [0.29, 0.717) is 23.8 Å². The van der Waals surface area contributed by atoms with Crippen molar-refractivity contribution in [3.05, 3.63) is 35.4 Å². The number of hydrogen-bond acceptors (Lipinski definition) is 4. The third kappa shape index (κ3) is 3.46.